The number of hydrogen-bond donors (Lipinski definition) is 1. The molecule has 2 nitrogen and oxygen atoms in total. The SMILES string of the molecule is CCCc1cc2c(F)cc(F)c(F)c2nc1NCC. The summed E-state index contributed by atoms with van der Waals surface area (Å²) in [6, 6.07) is 2.10. The van der Waals surface area contributed by atoms with Crippen molar-refractivity contribution >= 4 is 16.7 Å². The molecule has 2 aromatic rings. The van der Waals surface area contributed by atoms with Gasteiger partial charge in [0.05, 0.1) is 0 Å². The lowest BCUT2D eigenvalue weighted by molar-refractivity contribution is 0.504. The van der Waals surface area contributed by atoms with Crippen molar-refractivity contribution in [2.45, 2.75) is 26.7 Å². The van der Waals surface area contributed by atoms with Gasteiger partial charge in [-0.25, -0.2) is 18.2 Å². The Morgan fingerprint density at radius 3 is 2.47 bits per heavy atom. The van der Waals surface area contributed by atoms with E-state index in [4.69, 9.17) is 0 Å². The maximum absolute atomic E-state index is 13.7. The van der Waals surface area contributed by atoms with E-state index >= 15 is 0 Å². The minimum absolute atomic E-state index is 0.0176. The van der Waals surface area contributed by atoms with Crippen molar-refractivity contribution in [3.8, 4) is 0 Å². The lowest BCUT2D eigenvalue weighted by atomic mass is 10.1. The summed E-state index contributed by atoms with van der Waals surface area (Å²) in [4.78, 5) is 4.04. The molecule has 0 saturated heterocycles. The highest BCUT2D eigenvalue weighted by Crippen LogP contribution is 2.27. The van der Waals surface area contributed by atoms with Gasteiger partial charge in [0.15, 0.2) is 11.6 Å². The fourth-order valence-corrected chi connectivity index (χ4v) is 2.05. The summed E-state index contributed by atoms with van der Waals surface area (Å²) in [6.45, 7) is 4.47. The zero-order valence-corrected chi connectivity index (χ0v) is 10.9. The fourth-order valence-electron chi connectivity index (χ4n) is 2.05. The van der Waals surface area contributed by atoms with Crippen LogP contribution >= 0.6 is 0 Å². The zero-order chi connectivity index (χ0) is 14.0. The van der Waals surface area contributed by atoms with Crippen molar-refractivity contribution < 1.29 is 13.2 Å². The molecule has 0 unspecified atom stereocenters. The lowest BCUT2D eigenvalue weighted by Gasteiger charge is -2.12. The molecule has 2 rings (SSSR count). The number of nitrogens with one attached hydrogen (secondary N) is 1. The number of rotatable bonds is 4. The van der Waals surface area contributed by atoms with E-state index in [0.717, 1.165) is 12.0 Å². The Labute approximate surface area is 109 Å². The Balaban J connectivity index is 2.73. The van der Waals surface area contributed by atoms with Crippen molar-refractivity contribution in [3.63, 3.8) is 0 Å². The maximum Gasteiger partial charge on any atom is 0.185 e. The van der Waals surface area contributed by atoms with Crippen LogP contribution in [0.3, 0.4) is 0 Å². The zero-order valence-electron chi connectivity index (χ0n) is 10.9. The third kappa shape index (κ3) is 2.50. The second-order valence-electron chi connectivity index (χ2n) is 4.33. The predicted molar refractivity (Wildman–Crippen MR) is 69.8 cm³/mol. The largest absolute Gasteiger partial charge is 0.370 e. The summed E-state index contributed by atoms with van der Waals surface area (Å²) >= 11 is 0. The van der Waals surface area contributed by atoms with Crippen LogP contribution in [0.2, 0.25) is 0 Å². The van der Waals surface area contributed by atoms with Crippen LogP contribution in [0.4, 0.5) is 19.0 Å². The Kier molecular flexibility index (Phi) is 3.93. The summed E-state index contributed by atoms with van der Waals surface area (Å²) < 4.78 is 40.6. The van der Waals surface area contributed by atoms with Gasteiger partial charge in [-0.05, 0) is 25.0 Å². The predicted octanol–water partition coefficient (Wildman–Crippen LogP) is 4.04. The van der Waals surface area contributed by atoms with Crippen molar-refractivity contribution in [3.05, 3.63) is 35.1 Å². The normalized spacial score (nSPS) is 11.0. The molecule has 0 bridgehead atoms. The van der Waals surface area contributed by atoms with Gasteiger partial charge in [-0.3, -0.25) is 0 Å². The molecule has 1 heterocycles. The average Bonchev–Trinajstić information content (AvgIpc) is 2.38. The summed E-state index contributed by atoms with van der Waals surface area (Å²) in [5.74, 6) is -2.63. The van der Waals surface area contributed by atoms with Crippen LogP contribution in [0, 0.1) is 17.5 Å². The number of fused-ring (bicyclic) bond motifs is 1. The van der Waals surface area contributed by atoms with Crippen LogP contribution < -0.4 is 5.32 Å². The average molecular weight is 268 g/mol. The molecule has 0 radical (unpaired) electrons. The van der Waals surface area contributed by atoms with E-state index in [1.807, 2.05) is 13.8 Å². The summed E-state index contributed by atoms with van der Waals surface area (Å²) in [5, 5.41) is 3.01. The van der Waals surface area contributed by atoms with E-state index in [9.17, 15) is 13.2 Å². The van der Waals surface area contributed by atoms with E-state index in [0.29, 0.717) is 24.8 Å². The van der Waals surface area contributed by atoms with Crippen molar-refractivity contribution in [1.29, 1.82) is 0 Å². The van der Waals surface area contributed by atoms with Gasteiger partial charge >= 0.3 is 0 Å². The second kappa shape index (κ2) is 5.47. The molecule has 5 heteroatoms. The van der Waals surface area contributed by atoms with Crippen LogP contribution in [0.25, 0.3) is 10.9 Å². The van der Waals surface area contributed by atoms with Gasteiger partial charge in [0.25, 0.3) is 0 Å². The molecule has 102 valence electrons. The smallest absolute Gasteiger partial charge is 0.185 e. The van der Waals surface area contributed by atoms with Crippen LogP contribution in [-0.2, 0) is 6.42 Å². The Hall–Kier alpha value is -1.78. The maximum atomic E-state index is 13.7. The van der Waals surface area contributed by atoms with E-state index in [1.54, 1.807) is 6.07 Å². The van der Waals surface area contributed by atoms with Crippen LogP contribution in [0.1, 0.15) is 25.8 Å². The first-order valence-corrected chi connectivity index (χ1v) is 6.29. The molecule has 0 amide bonds. The number of aromatic nitrogens is 1. The molecule has 0 saturated carbocycles. The standard InChI is InChI=1S/C14H15F3N2/c1-3-5-8-6-9-10(15)7-11(16)12(17)13(9)19-14(8)18-4-2/h6-7H,3-5H2,1-2H3,(H,18,19). The van der Waals surface area contributed by atoms with E-state index < -0.39 is 17.5 Å². The van der Waals surface area contributed by atoms with Gasteiger partial charge in [0.1, 0.15) is 17.2 Å². The molecule has 1 N–H and O–H groups in total. The van der Waals surface area contributed by atoms with Crippen molar-refractivity contribution in [2.24, 2.45) is 0 Å². The number of aryl methyl sites for hydroxylation is 1. The minimum atomic E-state index is -1.22. The summed E-state index contributed by atoms with van der Waals surface area (Å²) in [7, 11) is 0. The molecule has 0 aliphatic heterocycles. The molecule has 1 aromatic carbocycles. The van der Waals surface area contributed by atoms with Gasteiger partial charge in [-0.1, -0.05) is 13.3 Å². The third-order valence-electron chi connectivity index (χ3n) is 2.89. The number of pyridine rings is 1. The van der Waals surface area contributed by atoms with E-state index in [2.05, 4.69) is 10.3 Å². The number of halogens is 3. The molecule has 19 heavy (non-hydrogen) atoms. The van der Waals surface area contributed by atoms with Crippen molar-refractivity contribution in [1.82, 2.24) is 4.98 Å². The first-order chi connectivity index (χ1) is 9.08. The van der Waals surface area contributed by atoms with E-state index in [1.165, 1.54) is 0 Å². The second-order valence-corrected chi connectivity index (χ2v) is 4.33. The van der Waals surface area contributed by atoms with Gasteiger partial charge in [0.2, 0.25) is 0 Å². The molecule has 0 aliphatic carbocycles. The van der Waals surface area contributed by atoms with Crippen LogP contribution in [-0.4, -0.2) is 11.5 Å². The third-order valence-corrected chi connectivity index (χ3v) is 2.89. The lowest BCUT2D eigenvalue weighted by Crippen LogP contribution is -2.05. The molecule has 1 aromatic heterocycles. The molecule has 0 fully saturated rings. The molecular formula is C14H15F3N2. The fraction of sp³-hybridized carbons (Fsp3) is 0.357. The monoisotopic (exact) mass is 268 g/mol. The van der Waals surface area contributed by atoms with Gasteiger partial charge < -0.3 is 5.32 Å². The Morgan fingerprint density at radius 1 is 1.11 bits per heavy atom. The molecule has 0 aliphatic rings. The highest BCUT2D eigenvalue weighted by Gasteiger charge is 2.16. The quantitative estimate of drug-likeness (QED) is 0.847. The molecular weight excluding hydrogens is 253 g/mol. The summed E-state index contributed by atoms with van der Waals surface area (Å²) in [6.07, 6.45) is 1.56. The highest BCUT2D eigenvalue weighted by atomic mass is 19.2. The minimum Gasteiger partial charge on any atom is -0.370 e. The number of hydrogen-bond acceptors (Lipinski definition) is 2. The number of anilines is 1. The van der Waals surface area contributed by atoms with Crippen molar-refractivity contribution in [2.75, 3.05) is 11.9 Å². The summed E-state index contributed by atoms with van der Waals surface area (Å²) in [5.41, 5.74) is 0.537. The molecule has 0 atom stereocenters. The first kappa shape index (κ1) is 13.6. The van der Waals surface area contributed by atoms with Crippen LogP contribution in [0.5, 0.6) is 0 Å². The van der Waals surface area contributed by atoms with Gasteiger partial charge in [-0.2, -0.15) is 0 Å². The van der Waals surface area contributed by atoms with Gasteiger partial charge in [-0.15, -0.1) is 0 Å². The Bertz CT molecular complexity index is 611. The number of nitrogens with zero attached hydrogens (tertiary/aromatic N) is 1. The topological polar surface area (TPSA) is 24.9 Å². The highest BCUT2D eigenvalue weighted by molar-refractivity contribution is 5.83. The van der Waals surface area contributed by atoms with Crippen LogP contribution in [0.15, 0.2) is 12.1 Å². The van der Waals surface area contributed by atoms with Gasteiger partial charge in [0, 0.05) is 18.0 Å². The first-order valence-electron chi connectivity index (χ1n) is 6.29. The number of benzene rings is 1. The van der Waals surface area contributed by atoms with E-state index in [-0.39, 0.29) is 10.9 Å². The molecule has 0 spiro atoms. The Morgan fingerprint density at radius 2 is 1.84 bits per heavy atom.